The van der Waals surface area contributed by atoms with Crippen LogP contribution in [0.4, 0.5) is 0 Å². The number of nitrogens with zero attached hydrogens (tertiary/aromatic N) is 1. The monoisotopic (exact) mass is 147 g/mol. The van der Waals surface area contributed by atoms with Crippen LogP contribution in [-0.4, -0.2) is 19.9 Å². The van der Waals surface area contributed by atoms with Crippen molar-refractivity contribution in [3.8, 4) is 0 Å². The van der Waals surface area contributed by atoms with Gasteiger partial charge in [0.25, 0.3) is 0 Å². The summed E-state index contributed by atoms with van der Waals surface area (Å²) in [6, 6.07) is 3.62. The van der Waals surface area contributed by atoms with Crippen LogP contribution in [0.5, 0.6) is 0 Å². The average molecular weight is 147 g/mol. The normalized spacial score (nSPS) is 12.9. The van der Waals surface area contributed by atoms with Crippen LogP contribution in [0.3, 0.4) is 0 Å². The lowest BCUT2D eigenvalue weighted by molar-refractivity contribution is 0.117. The Morgan fingerprint density at radius 3 is 2.91 bits per heavy atom. The van der Waals surface area contributed by atoms with Gasteiger partial charge in [-0.1, -0.05) is 11.5 Å². The fourth-order valence-corrected chi connectivity index (χ4v) is 0.881. The van der Waals surface area contributed by atoms with Gasteiger partial charge in [0.15, 0.2) is 0 Å². The first-order valence-electron chi connectivity index (χ1n) is 3.49. The van der Waals surface area contributed by atoms with Gasteiger partial charge in [-0.05, 0) is 13.0 Å². The van der Waals surface area contributed by atoms with E-state index in [1.807, 2.05) is 13.0 Å². The summed E-state index contributed by atoms with van der Waals surface area (Å²) in [6.07, 6.45) is 1.68. The maximum atomic E-state index is 5.65. The summed E-state index contributed by atoms with van der Waals surface area (Å²) < 4.78 is 5.07. The van der Waals surface area contributed by atoms with Gasteiger partial charge in [-0.15, -0.1) is 0 Å². The minimum Gasteiger partial charge on any atom is -0.375 e. The number of pyridine rings is 1. The van der Waals surface area contributed by atoms with Gasteiger partial charge < -0.3 is 4.74 Å². The van der Waals surface area contributed by atoms with Crippen molar-refractivity contribution in [3.05, 3.63) is 24.0 Å². The number of hydrogen-bond donors (Lipinski definition) is 0. The highest BCUT2D eigenvalue weighted by Gasteiger charge is 2.05. The molecule has 1 aromatic rings. The maximum absolute atomic E-state index is 5.65. The summed E-state index contributed by atoms with van der Waals surface area (Å²) in [5.41, 5.74) is 1.48. The average Bonchev–Trinajstić information content (AvgIpc) is 2.04. The van der Waals surface area contributed by atoms with Crippen LogP contribution < -0.4 is 5.46 Å². The molecule has 3 heteroatoms. The Labute approximate surface area is 68.0 Å². The van der Waals surface area contributed by atoms with Gasteiger partial charge in [0.2, 0.25) is 0 Å². The van der Waals surface area contributed by atoms with Crippen molar-refractivity contribution >= 4 is 13.3 Å². The molecular weight excluding hydrogens is 137 g/mol. The lowest BCUT2D eigenvalue weighted by Gasteiger charge is -2.10. The Morgan fingerprint density at radius 1 is 1.64 bits per heavy atom. The van der Waals surface area contributed by atoms with Gasteiger partial charge >= 0.3 is 0 Å². The molecule has 2 radical (unpaired) electrons. The topological polar surface area (TPSA) is 22.1 Å². The SMILES string of the molecule is [B]c1cccnc1C(C)OC. The molecule has 1 aromatic heterocycles. The second-order valence-corrected chi connectivity index (χ2v) is 2.36. The van der Waals surface area contributed by atoms with Crippen LogP contribution >= 0.6 is 0 Å². The summed E-state index contributed by atoms with van der Waals surface area (Å²) >= 11 is 0. The highest BCUT2D eigenvalue weighted by molar-refractivity contribution is 6.33. The molecule has 1 atom stereocenters. The molecule has 0 aliphatic rings. The van der Waals surface area contributed by atoms with Crippen molar-refractivity contribution in [1.29, 1.82) is 0 Å². The minimum absolute atomic E-state index is 0.0313. The van der Waals surface area contributed by atoms with E-state index in [2.05, 4.69) is 4.98 Å². The molecule has 0 saturated heterocycles. The van der Waals surface area contributed by atoms with Crippen LogP contribution in [0, 0.1) is 0 Å². The third kappa shape index (κ3) is 1.81. The standard InChI is InChI=1S/C8H10BNO/c1-6(11-2)8-7(9)4-3-5-10-8/h3-6H,1-2H3. The van der Waals surface area contributed by atoms with Crippen LogP contribution in [0.2, 0.25) is 0 Å². The Bertz CT molecular complexity index is 239. The van der Waals surface area contributed by atoms with E-state index in [0.29, 0.717) is 5.46 Å². The molecule has 0 fully saturated rings. The van der Waals surface area contributed by atoms with E-state index in [1.165, 1.54) is 0 Å². The first-order valence-corrected chi connectivity index (χ1v) is 3.49. The molecule has 0 saturated carbocycles. The van der Waals surface area contributed by atoms with Gasteiger partial charge in [-0.3, -0.25) is 4.98 Å². The molecule has 11 heavy (non-hydrogen) atoms. The van der Waals surface area contributed by atoms with E-state index in [1.54, 1.807) is 19.4 Å². The van der Waals surface area contributed by atoms with Crippen molar-refractivity contribution in [1.82, 2.24) is 4.98 Å². The molecule has 56 valence electrons. The second-order valence-electron chi connectivity index (χ2n) is 2.36. The molecule has 1 heterocycles. The number of ether oxygens (including phenoxy) is 1. The van der Waals surface area contributed by atoms with Gasteiger partial charge in [-0.25, -0.2) is 0 Å². The summed E-state index contributed by atoms with van der Waals surface area (Å²) in [4.78, 5) is 4.10. The third-order valence-electron chi connectivity index (χ3n) is 1.61. The van der Waals surface area contributed by atoms with E-state index < -0.39 is 0 Å². The van der Waals surface area contributed by atoms with E-state index >= 15 is 0 Å². The predicted octanol–water partition coefficient (Wildman–Crippen LogP) is 0.583. The maximum Gasteiger partial charge on any atom is 0.116 e. The van der Waals surface area contributed by atoms with Crippen molar-refractivity contribution in [2.24, 2.45) is 0 Å². The number of methoxy groups -OCH3 is 1. The largest absolute Gasteiger partial charge is 0.375 e. The quantitative estimate of drug-likeness (QED) is 0.571. The van der Waals surface area contributed by atoms with E-state index in [0.717, 1.165) is 5.69 Å². The molecule has 0 amide bonds. The van der Waals surface area contributed by atoms with Crippen LogP contribution in [-0.2, 0) is 4.74 Å². The molecule has 1 unspecified atom stereocenters. The summed E-state index contributed by atoms with van der Waals surface area (Å²) in [7, 11) is 7.29. The molecule has 1 rings (SSSR count). The summed E-state index contributed by atoms with van der Waals surface area (Å²) in [6.45, 7) is 1.92. The predicted molar refractivity (Wildman–Crippen MR) is 45.0 cm³/mol. The first-order chi connectivity index (χ1) is 5.25. The summed E-state index contributed by atoms with van der Waals surface area (Å²) in [5, 5.41) is 0. The van der Waals surface area contributed by atoms with Gasteiger partial charge in [0.1, 0.15) is 7.85 Å². The van der Waals surface area contributed by atoms with Crippen molar-refractivity contribution < 1.29 is 4.74 Å². The molecule has 0 aromatic carbocycles. The van der Waals surface area contributed by atoms with Crippen molar-refractivity contribution in [2.75, 3.05) is 7.11 Å². The summed E-state index contributed by atoms with van der Waals surface area (Å²) in [5.74, 6) is 0. The number of hydrogen-bond acceptors (Lipinski definition) is 2. The first kappa shape index (κ1) is 8.27. The third-order valence-corrected chi connectivity index (χ3v) is 1.61. The molecular formula is C8H10BNO. The highest BCUT2D eigenvalue weighted by Crippen LogP contribution is 2.08. The molecule has 0 aliphatic carbocycles. The number of rotatable bonds is 2. The Morgan fingerprint density at radius 2 is 2.36 bits per heavy atom. The fraction of sp³-hybridized carbons (Fsp3) is 0.375. The Kier molecular flexibility index (Phi) is 2.66. The van der Waals surface area contributed by atoms with Gasteiger partial charge in [0, 0.05) is 13.3 Å². The van der Waals surface area contributed by atoms with E-state index in [-0.39, 0.29) is 6.10 Å². The molecule has 0 bridgehead atoms. The lowest BCUT2D eigenvalue weighted by Crippen LogP contribution is -2.15. The molecule has 0 N–H and O–H groups in total. The number of aromatic nitrogens is 1. The van der Waals surface area contributed by atoms with Gasteiger partial charge in [0.05, 0.1) is 11.8 Å². The molecule has 0 aliphatic heterocycles. The Hall–Kier alpha value is -0.825. The fourth-order valence-electron chi connectivity index (χ4n) is 0.881. The molecule has 0 spiro atoms. The smallest absolute Gasteiger partial charge is 0.116 e. The zero-order valence-electron chi connectivity index (χ0n) is 6.74. The van der Waals surface area contributed by atoms with Crippen LogP contribution in [0.15, 0.2) is 18.3 Å². The van der Waals surface area contributed by atoms with Crippen molar-refractivity contribution in [2.45, 2.75) is 13.0 Å². The zero-order chi connectivity index (χ0) is 8.27. The minimum atomic E-state index is -0.0313. The van der Waals surface area contributed by atoms with E-state index in [9.17, 15) is 0 Å². The van der Waals surface area contributed by atoms with Crippen LogP contribution in [0.25, 0.3) is 0 Å². The zero-order valence-corrected chi connectivity index (χ0v) is 6.74. The lowest BCUT2D eigenvalue weighted by atomic mass is 9.92. The Balaban J connectivity index is 2.93. The highest BCUT2D eigenvalue weighted by atomic mass is 16.5. The second kappa shape index (κ2) is 3.53. The van der Waals surface area contributed by atoms with Crippen molar-refractivity contribution in [3.63, 3.8) is 0 Å². The van der Waals surface area contributed by atoms with Gasteiger partial charge in [-0.2, -0.15) is 0 Å². The van der Waals surface area contributed by atoms with Crippen LogP contribution in [0.1, 0.15) is 18.7 Å². The van der Waals surface area contributed by atoms with E-state index in [4.69, 9.17) is 12.6 Å². The molecule has 2 nitrogen and oxygen atoms in total.